The second kappa shape index (κ2) is 56.3. The first-order valence-electron chi connectivity index (χ1n) is 33.9. The third kappa shape index (κ3) is 56.6. The topological polar surface area (TPSA) is 237 Å². The molecular formula is C65H126O17P2. The molecule has 0 aromatic carbocycles. The van der Waals surface area contributed by atoms with E-state index in [2.05, 4.69) is 48.5 Å². The van der Waals surface area contributed by atoms with Gasteiger partial charge in [-0.2, -0.15) is 0 Å². The third-order valence-corrected chi connectivity index (χ3v) is 17.5. The number of hydrogen-bond acceptors (Lipinski definition) is 15. The van der Waals surface area contributed by atoms with Crippen LogP contribution in [0.1, 0.15) is 318 Å². The van der Waals surface area contributed by atoms with E-state index in [9.17, 15) is 43.2 Å². The molecule has 0 rings (SSSR count). The van der Waals surface area contributed by atoms with Crippen LogP contribution in [0.5, 0.6) is 0 Å². The lowest BCUT2D eigenvalue weighted by Crippen LogP contribution is -2.30. The Labute approximate surface area is 511 Å². The first-order valence-corrected chi connectivity index (χ1v) is 36.9. The summed E-state index contributed by atoms with van der Waals surface area (Å²) in [6.07, 6.45) is 37.6. The molecule has 0 saturated carbocycles. The molecule has 7 atom stereocenters. The van der Waals surface area contributed by atoms with Gasteiger partial charge in [-0.15, -0.1) is 0 Å². The van der Waals surface area contributed by atoms with E-state index in [-0.39, 0.29) is 25.7 Å². The standard InChI is InChI=1S/C65H126O17P2/c1-8-11-12-13-14-15-16-17-18-19-24-34-41-48-64(69)81-60(52-75-62(67)46-39-32-23-21-20-22-29-36-43-56(4)5)54-79-83(71,72)77-50-59(66)51-78-84(73,74)80-55-61(82-65(70)49-42-35-28-26-31-38-45-58(7)10-3)53-76-63(68)47-40-33-27-25-30-37-44-57(6)9-2/h56-61,66H,8-55H2,1-7H3,(H,71,72)(H,73,74)/t57?,58?,59-,60-,61-/m1/s1. The van der Waals surface area contributed by atoms with Gasteiger partial charge in [0.2, 0.25) is 0 Å². The lowest BCUT2D eigenvalue weighted by molar-refractivity contribution is -0.161. The number of ether oxygens (including phenoxy) is 4. The van der Waals surface area contributed by atoms with Crippen LogP contribution < -0.4 is 0 Å². The van der Waals surface area contributed by atoms with Crippen LogP contribution in [0.15, 0.2) is 0 Å². The summed E-state index contributed by atoms with van der Waals surface area (Å²) in [5.74, 6) is 0.0405. The molecule has 4 unspecified atom stereocenters. The van der Waals surface area contributed by atoms with Crippen molar-refractivity contribution in [1.29, 1.82) is 0 Å². The van der Waals surface area contributed by atoms with Crippen LogP contribution in [-0.4, -0.2) is 96.7 Å². The highest BCUT2D eigenvalue weighted by atomic mass is 31.2. The fourth-order valence-electron chi connectivity index (χ4n) is 9.59. The first-order chi connectivity index (χ1) is 40.3. The van der Waals surface area contributed by atoms with Gasteiger partial charge in [-0.3, -0.25) is 37.3 Å². The Morgan fingerprint density at radius 1 is 0.345 bits per heavy atom. The fraction of sp³-hybridized carbons (Fsp3) is 0.938. The number of unbranched alkanes of at least 4 members (excludes halogenated alkanes) is 29. The van der Waals surface area contributed by atoms with E-state index in [4.69, 9.17) is 37.0 Å². The number of carbonyl (C=O) groups is 4. The minimum atomic E-state index is -4.95. The van der Waals surface area contributed by atoms with Crippen molar-refractivity contribution in [2.75, 3.05) is 39.6 Å². The van der Waals surface area contributed by atoms with Crippen LogP contribution in [0.4, 0.5) is 0 Å². The molecule has 19 heteroatoms. The number of esters is 4. The predicted molar refractivity (Wildman–Crippen MR) is 335 cm³/mol. The maximum atomic E-state index is 13.0. The van der Waals surface area contributed by atoms with Crippen molar-refractivity contribution >= 4 is 39.5 Å². The summed E-state index contributed by atoms with van der Waals surface area (Å²) in [6, 6.07) is 0. The highest BCUT2D eigenvalue weighted by molar-refractivity contribution is 7.47. The quantitative estimate of drug-likeness (QED) is 0.0222. The van der Waals surface area contributed by atoms with E-state index in [1.807, 2.05) is 0 Å². The average Bonchev–Trinajstić information content (AvgIpc) is 3.64. The second-order valence-electron chi connectivity index (χ2n) is 24.5. The maximum absolute atomic E-state index is 13.0. The monoisotopic (exact) mass is 1240 g/mol. The molecule has 0 bridgehead atoms. The molecule has 84 heavy (non-hydrogen) atoms. The Morgan fingerprint density at radius 3 is 0.905 bits per heavy atom. The van der Waals surface area contributed by atoms with Crippen molar-refractivity contribution in [3.63, 3.8) is 0 Å². The molecule has 0 heterocycles. The van der Waals surface area contributed by atoms with Crippen LogP contribution in [0, 0.1) is 17.8 Å². The summed E-state index contributed by atoms with van der Waals surface area (Å²) in [5.41, 5.74) is 0. The number of aliphatic hydroxyl groups excluding tert-OH is 1. The van der Waals surface area contributed by atoms with Gasteiger partial charge in [0.05, 0.1) is 26.4 Å². The zero-order valence-corrected chi connectivity index (χ0v) is 56.1. The van der Waals surface area contributed by atoms with Gasteiger partial charge < -0.3 is 33.8 Å². The number of phosphoric acid groups is 2. The van der Waals surface area contributed by atoms with Gasteiger partial charge in [0.15, 0.2) is 12.2 Å². The van der Waals surface area contributed by atoms with E-state index < -0.39 is 97.5 Å². The number of rotatable bonds is 63. The van der Waals surface area contributed by atoms with Crippen molar-refractivity contribution < 1.29 is 80.2 Å². The van der Waals surface area contributed by atoms with Crippen LogP contribution in [0.2, 0.25) is 0 Å². The maximum Gasteiger partial charge on any atom is 0.472 e. The van der Waals surface area contributed by atoms with Crippen molar-refractivity contribution in [2.45, 2.75) is 336 Å². The number of carbonyl (C=O) groups excluding carboxylic acids is 4. The lowest BCUT2D eigenvalue weighted by atomic mass is 10.00. The lowest BCUT2D eigenvalue weighted by Gasteiger charge is -2.21. The highest BCUT2D eigenvalue weighted by Crippen LogP contribution is 2.45. The van der Waals surface area contributed by atoms with Crippen LogP contribution in [-0.2, 0) is 65.4 Å². The van der Waals surface area contributed by atoms with Crippen LogP contribution >= 0.6 is 15.6 Å². The Balaban J connectivity index is 5.26. The van der Waals surface area contributed by atoms with Crippen molar-refractivity contribution in [3.8, 4) is 0 Å². The zero-order valence-electron chi connectivity index (χ0n) is 54.4. The average molecular weight is 1240 g/mol. The van der Waals surface area contributed by atoms with E-state index in [0.29, 0.717) is 25.7 Å². The van der Waals surface area contributed by atoms with Crippen LogP contribution in [0.25, 0.3) is 0 Å². The SMILES string of the molecule is CCCCCCCCCCCCCCCC(=O)O[C@H](COC(=O)CCCCCCCCCCC(C)C)COP(=O)(O)OC[C@@H](O)COP(=O)(O)OC[C@@H](COC(=O)CCCCCCCCC(C)CC)OC(=O)CCCCCCCCC(C)CC. The molecule has 0 aliphatic rings. The van der Waals surface area contributed by atoms with Crippen molar-refractivity contribution in [2.24, 2.45) is 17.8 Å². The molecule has 0 saturated heterocycles. The summed E-state index contributed by atoms with van der Waals surface area (Å²) < 4.78 is 68.0. The molecule has 0 radical (unpaired) electrons. The van der Waals surface area contributed by atoms with E-state index in [0.717, 1.165) is 114 Å². The Bertz CT molecular complexity index is 1670. The van der Waals surface area contributed by atoms with Crippen LogP contribution in [0.3, 0.4) is 0 Å². The molecule has 3 N–H and O–H groups in total. The molecule has 498 valence electrons. The van der Waals surface area contributed by atoms with E-state index >= 15 is 0 Å². The first kappa shape index (κ1) is 82.1. The normalized spacial score (nSPS) is 15.0. The molecule has 0 spiro atoms. The minimum absolute atomic E-state index is 0.102. The van der Waals surface area contributed by atoms with Gasteiger partial charge >= 0.3 is 39.5 Å². The Morgan fingerprint density at radius 2 is 0.607 bits per heavy atom. The zero-order chi connectivity index (χ0) is 62.4. The summed E-state index contributed by atoms with van der Waals surface area (Å²) >= 11 is 0. The van der Waals surface area contributed by atoms with Gasteiger partial charge in [-0.05, 0) is 43.4 Å². The summed E-state index contributed by atoms with van der Waals surface area (Å²) in [6.45, 7) is 11.7. The molecular weight excluding hydrogens is 1110 g/mol. The number of hydrogen-bond donors (Lipinski definition) is 3. The molecule has 0 amide bonds. The molecule has 0 fully saturated rings. The van der Waals surface area contributed by atoms with Gasteiger partial charge in [-0.1, -0.05) is 267 Å². The number of phosphoric ester groups is 2. The Hall–Kier alpha value is -1.94. The summed E-state index contributed by atoms with van der Waals surface area (Å²) in [7, 11) is -9.89. The van der Waals surface area contributed by atoms with Gasteiger partial charge in [0.25, 0.3) is 0 Å². The second-order valence-corrected chi connectivity index (χ2v) is 27.4. The number of aliphatic hydroxyl groups is 1. The molecule has 17 nitrogen and oxygen atoms in total. The third-order valence-electron chi connectivity index (χ3n) is 15.6. The van der Waals surface area contributed by atoms with E-state index in [1.165, 1.54) is 122 Å². The molecule has 0 aromatic heterocycles. The smallest absolute Gasteiger partial charge is 0.462 e. The molecule has 0 aliphatic carbocycles. The minimum Gasteiger partial charge on any atom is -0.462 e. The largest absolute Gasteiger partial charge is 0.472 e. The van der Waals surface area contributed by atoms with Gasteiger partial charge in [0, 0.05) is 25.7 Å². The predicted octanol–water partition coefficient (Wildman–Crippen LogP) is 17.9. The van der Waals surface area contributed by atoms with Crippen molar-refractivity contribution in [3.05, 3.63) is 0 Å². The molecule has 0 aromatic rings. The van der Waals surface area contributed by atoms with E-state index in [1.54, 1.807) is 0 Å². The van der Waals surface area contributed by atoms with Gasteiger partial charge in [-0.25, -0.2) is 9.13 Å². The Kier molecular flexibility index (Phi) is 55.0. The highest BCUT2D eigenvalue weighted by Gasteiger charge is 2.30. The summed E-state index contributed by atoms with van der Waals surface area (Å²) in [5, 5.41) is 10.5. The fourth-order valence-corrected chi connectivity index (χ4v) is 11.2. The van der Waals surface area contributed by atoms with Crippen molar-refractivity contribution in [1.82, 2.24) is 0 Å². The summed E-state index contributed by atoms with van der Waals surface area (Å²) in [4.78, 5) is 72.3. The molecule has 0 aliphatic heterocycles. The van der Waals surface area contributed by atoms with Gasteiger partial charge in [0.1, 0.15) is 19.3 Å².